The zero-order chi connectivity index (χ0) is 13.8. The van der Waals surface area contributed by atoms with Crippen molar-refractivity contribution in [3.8, 4) is 0 Å². The van der Waals surface area contributed by atoms with E-state index in [1.165, 1.54) is 25.7 Å². The first-order valence-corrected chi connectivity index (χ1v) is 7.17. The first-order valence-electron chi connectivity index (χ1n) is 7.17. The molecule has 0 N–H and O–H groups in total. The van der Waals surface area contributed by atoms with E-state index in [0.29, 0.717) is 0 Å². The van der Waals surface area contributed by atoms with Crippen molar-refractivity contribution < 1.29 is 14.2 Å². The molecule has 0 aromatic carbocycles. The Morgan fingerprint density at radius 3 is 2.42 bits per heavy atom. The van der Waals surface area contributed by atoms with Crippen LogP contribution in [0.25, 0.3) is 10.4 Å². The van der Waals surface area contributed by atoms with Crippen molar-refractivity contribution in [1.29, 1.82) is 0 Å². The van der Waals surface area contributed by atoms with Crippen LogP contribution in [0, 0.1) is 0 Å². The van der Waals surface area contributed by atoms with E-state index in [4.69, 9.17) is 19.7 Å². The van der Waals surface area contributed by atoms with Gasteiger partial charge >= 0.3 is 0 Å². The summed E-state index contributed by atoms with van der Waals surface area (Å²) in [4.78, 5) is 2.76. The van der Waals surface area contributed by atoms with Crippen molar-refractivity contribution in [2.24, 2.45) is 5.11 Å². The maximum Gasteiger partial charge on any atom is 0.157 e. The Balaban J connectivity index is 1.83. The Morgan fingerprint density at radius 1 is 1.16 bits per heavy atom. The number of hydrogen-bond donors (Lipinski definition) is 0. The number of nitrogens with zero attached hydrogens (tertiary/aromatic N) is 3. The number of rotatable bonds is 11. The fourth-order valence-electron chi connectivity index (χ4n) is 2.19. The molecule has 6 heteroatoms. The van der Waals surface area contributed by atoms with E-state index < -0.39 is 0 Å². The topological polar surface area (TPSA) is 76.5 Å². The van der Waals surface area contributed by atoms with Gasteiger partial charge in [0.2, 0.25) is 0 Å². The molecule has 110 valence electrons. The molecule has 1 saturated heterocycles. The predicted molar refractivity (Wildman–Crippen MR) is 72.6 cm³/mol. The van der Waals surface area contributed by atoms with Crippen molar-refractivity contribution in [2.75, 3.05) is 20.3 Å². The summed E-state index contributed by atoms with van der Waals surface area (Å²) in [5.74, 6) is 0. The fourth-order valence-corrected chi connectivity index (χ4v) is 2.19. The van der Waals surface area contributed by atoms with E-state index >= 15 is 0 Å². The molecule has 0 spiro atoms. The molecule has 1 atom stereocenters. The standard InChI is InChI=1S/C13H25N3O3/c1-17-12(15-16-14)8-6-4-2-3-5-7-9-13-18-10-11-19-13/h12-13H,2-11H2,1H3. The summed E-state index contributed by atoms with van der Waals surface area (Å²) in [5, 5.41) is 3.56. The zero-order valence-corrected chi connectivity index (χ0v) is 11.8. The fraction of sp³-hybridized carbons (Fsp3) is 1.00. The number of hydrogen-bond acceptors (Lipinski definition) is 4. The third-order valence-corrected chi connectivity index (χ3v) is 3.28. The van der Waals surface area contributed by atoms with E-state index in [0.717, 1.165) is 38.9 Å². The highest BCUT2D eigenvalue weighted by Gasteiger charge is 2.14. The van der Waals surface area contributed by atoms with Gasteiger partial charge in [-0.1, -0.05) is 37.2 Å². The van der Waals surface area contributed by atoms with Crippen molar-refractivity contribution in [2.45, 2.75) is 63.9 Å². The van der Waals surface area contributed by atoms with Crippen molar-refractivity contribution in [3.63, 3.8) is 0 Å². The molecule has 0 bridgehead atoms. The van der Waals surface area contributed by atoms with Gasteiger partial charge in [0.1, 0.15) is 6.23 Å². The van der Waals surface area contributed by atoms with Crippen molar-refractivity contribution >= 4 is 0 Å². The Labute approximate surface area is 115 Å². The highest BCUT2D eigenvalue weighted by molar-refractivity contribution is 4.57. The van der Waals surface area contributed by atoms with Crippen molar-refractivity contribution in [1.82, 2.24) is 0 Å². The van der Waals surface area contributed by atoms with Gasteiger partial charge in [0.15, 0.2) is 6.29 Å². The monoisotopic (exact) mass is 271 g/mol. The van der Waals surface area contributed by atoms with Gasteiger partial charge in [0.05, 0.1) is 13.2 Å². The van der Waals surface area contributed by atoms with Crippen LogP contribution in [0.1, 0.15) is 51.4 Å². The molecule has 1 fully saturated rings. The summed E-state index contributed by atoms with van der Waals surface area (Å²) in [6.07, 6.45) is 8.65. The highest BCUT2D eigenvalue weighted by atomic mass is 16.7. The minimum Gasteiger partial charge on any atom is -0.375 e. The predicted octanol–water partition coefficient (Wildman–Crippen LogP) is 3.76. The molecule has 19 heavy (non-hydrogen) atoms. The van der Waals surface area contributed by atoms with Crippen LogP contribution in [0.5, 0.6) is 0 Å². The smallest absolute Gasteiger partial charge is 0.157 e. The SMILES string of the molecule is COC(CCCCCCCCC1OCCO1)N=[N+]=[N-]. The van der Waals surface area contributed by atoms with Crippen LogP contribution >= 0.6 is 0 Å². The van der Waals surface area contributed by atoms with E-state index in [2.05, 4.69) is 10.0 Å². The summed E-state index contributed by atoms with van der Waals surface area (Å²) in [7, 11) is 1.58. The summed E-state index contributed by atoms with van der Waals surface area (Å²) >= 11 is 0. The van der Waals surface area contributed by atoms with Gasteiger partial charge < -0.3 is 14.2 Å². The highest BCUT2D eigenvalue weighted by Crippen LogP contribution is 2.15. The van der Waals surface area contributed by atoms with E-state index in [9.17, 15) is 0 Å². The molecule has 0 aromatic rings. The molecule has 0 amide bonds. The first-order chi connectivity index (χ1) is 9.36. The molecule has 1 unspecified atom stereocenters. The number of unbranched alkanes of at least 4 members (excludes halogenated alkanes) is 5. The normalized spacial score (nSPS) is 17.3. The zero-order valence-electron chi connectivity index (χ0n) is 11.8. The van der Waals surface area contributed by atoms with Crippen molar-refractivity contribution in [3.05, 3.63) is 10.4 Å². The maximum absolute atomic E-state index is 8.32. The molecule has 1 heterocycles. The molecule has 0 aliphatic carbocycles. The average molecular weight is 271 g/mol. The molecular formula is C13H25N3O3. The quantitative estimate of drug-likeness (QED) is 0.248. The van der Waals surface area contributed by atoms with Crippen LogP contribution in [0.3, 0.4) is 0 Å². The molecule has 1 rings (SSSR count). The largest absolute Gasteiger partial charge is 0.375 e. The third-order valence-electron chi connectivity index (χ3n) is 3.28. The van der Waals surface area contributed by atoms with Gasteiger partial charge in [-0.15, -0.1) is 0 Å². The molecule has 0 saturated carbocycles. The minimum absolute atomic E-state index is 0.0475. The second-order valence-electron chi connectivity index (χ2n) is 4.77. The van der Waals surface area contributed by atoms with Gasteiger partial charge in [-0.25, -0.2) is 0 Å². The molecule has 0 radical (unpaired) electrons. The van der Waals surface area contributed by atoms with Crippen LogP contribution in [0.4, 0.5) is 0 Å². The van der Waals surface area contributed by atoms with Gasteiger partial charge in [-0.3, -0.25) is 0 Å². The molecular weight excluding hydrogens is 246 g/mol. The minimum atomic E-state index is -0.304. The molecule has 6 nitrogen and oxygen atoms in total. The average Bonchev–Trinajstić information content (AvgIpc) is 2.93. The Hall–Kier alpha value is -0.810. The maximum atomic E-state index is 8.32. The second kappa shape index (κ2) is 11.1. The number of azide groups is 1. The van der Waals surface area contributed by atoms with Gasteiger partial charge in [-0.05, 0) is 24.8 Å². The second-order valence-corrected chi connectivity index (χ2v) is 4.77. The lowest BCUT2D eigenvalue weighted by Crippen LogP contribution is -2.06. The Kier molecular flexibility index (Phi) is 9.45. The first kappa shape index (κ1) is 16.2. The van der Waals surface area contributed by atoms with E-state index in [1.54, 1.807) is 7.11 Å². The molecule has 1 aliphatic rings. The van der Waals surface area contributed by atoms with Gasteiger partial charge in [0.25, 0.3) is 0 Å². The van der Waals surface area contributed by atoms with Gasteiger partial charge in [-0.2, -0.15) is 0 Å². The Morgan fingerprint density at radius 2 is 1.79 bits per heavy atom. The summed E-state index contributed by atoms with van der Waals surface area (Å²) in [6.45, 7) is 1.49. The lowest BCUT2D eigenvalue weighted by atomic mass is 10.1. The molecule has 1 aliphatic heterocycles. The summed E-state index contributed by atoms with van der Waals surface area (Å²) in [6, 6.07) is 0. The molecule has 0 aromatic heterocycles. The number of ether oxygens (including phenoxy) is 3. The Bertz CT molecular complexity index is 264. The lowest BCUT2D eigenvalue weighted by Gasteiger charge is -2.09. The van der Waals surface area contributed by atoms with E-state index in [1.807, 2.05) is 0 Å². The number of methoxy groups -OCH3 is 1. The van der Waals surface area contributed by atoms with Crippen LogP contribution in [-0.2, 0) is 14.2 Å². The lowest BCUT2D eigenvalue weighted by molar-refractivity contribution is -0.0480. The van der Waals surface area contributed by atoms with Crippen LogP contribution < -0.4 is 0 Å². The summed E-state index contributed by atoms with van der Waals surface area (Å²) < 4.78 is 15.8. The van der Waals surface area contributed by atoms with Crippen LogP contribution in [0.2, 0.25) is 0 Å². The van der Waals surface area contributed by atoms with Gasteiger partial charge in [0, 0.05) is 12.0 Å². The summed E-state index contributed by atoms with van der Waals surface area (Å²) in [5.41, 5.74) is 8.32. The third kappa shape index (κ3) is 8.06. The van der Waals surface area contributed by atoms with Crippen LogP contribution in [-0.4, -0.2) is 32.8 Å². The van der Waals surface area contributed by atoms with Crippen LogP contribution in [0.15, 0.2) is 5.11 Å². The van der Waals surface area contributed by atoms with E-state index in [-0.39, 0.29) is 12.5 Å².